The molecule has 1 fully saturated rings. The van der Waals surface area contributed by atoms with E-state index in [1.807, 2.05) is 17.8 Å². The average Bonchev–Trinajstić information content (AvgIpc) is 3.46. The summed E-state index contributed by atoms with van der Waals surface area (Å²) in [6.45, 7) is 2.28. The Morgan fingerprint density at radius 2 is 2.07 bits per heavy atom. The Hall–Kier alpha value is -1.72. The van der Waals surface area contributed by atoms with Gasteiger partial charge in [-0.2, -0.15) is 0 Å². The molecule has 1 N–H and O–H groups in total. The van der Waals surface area contributed by atoms with E-state index in [0.717, 1.165) is 42.7 Å². The van der Waals surface area contributed by atoms with Crippen LogP contribution in [0.25, 0.3) is 10.2 Å². The number of phenolic OH excluding ortho intramolecular Hbond substituents is 1. The normalized spacial score (nSPS) is 26.6. The standard InChI is InChI=1S/C25H27NO2S2/c1-25(10-4-12-29-24-26-18-5-2-3-6-20(18)30-24)11-9-17-14-19(27)21-15-7-8-16(13-15)22(21)23(17)28-25/h2-3,5-6,14-16,27H,4,7-13H2,1H3. The molecule has 3 unspecified atom stereocenters. The summed E-state index contributed by atoms with van der Waals surface area (Å²) in [5.74, 6) is 3.88. The maximum Gasteiger partial charge on any atom is 0.151 e. The Morgan fingerprint density at radius 3 is 2.93 bits per heavy atom. The molecule has 3 atom stereocenters. The van der Waals surface area contributed by atoms with Crippen molar-refractivity contribution >= 4 is 33.3 Å². The monoisotopic (exact) mass is 437 g/mol. The zero-order valence-corrected chi connectivity index (χ0v) is 19.0. The predicted octanol–water partition coefficient (Wildman–Crippen LogP) is 7.02. The lowest BCUT2D eigenvalue weighted by Gasteiger charge is -2.38. The summed E-state index contributed by atoms with van der Waals surface area (Å²) in [5.41, 5.74) is 4.79. The molecule has 5 heteroatoms. The first-order valence-corrected chi connectivity index (χ1v) is 13.0. The van der Waals surface area contributed by atoms with Crippen LogP contribution < -0.4 is 4.74 Å². The number of para-hydroxylation sites is 1. The number of hydrogen-bond acceptors (Lipinski definition) is 5. The molecule has 2 aromatic carbocycles. The van der Waals surface area contributed by atoms with Gasteiger partial charge in [0, 0.05) is 16.9 Å². The third kappa shape index (κ3) is 3.13. The van der Waals surface area contributed by atoms with E-state index in [0.29, 0.717) is 17.6 Å². The van der Waals surface area contributed by atoms with Gasteiger partial charge in [-0.15, -0.1) is 11.3 Å². The lowest BCUT2D eigenvalue weighted by Crippen LogP contribution is -2.37. The molecule has 0 amide bonds. The largest absolute Gasteiger partial charge is 0.508 e. The average molecular weight is 438 g/mol. The molecule has 2 heterocycles. The number of thiazole rings is 1. The number of phenols is 1. The molecule has 3 nitrogen and oxygen atoms in total. The van der Waals surface area contributed by atoms with Crippen LogP contribution in [0.5, 0.6) is 11.5 Å². The van der Waals surface area contributed by atoms with Gasteiger partial charge in [0.2, 0.25) is 0 Å². The van der Waals surface area contributed by atoms with Crippen molar-refractivity contribution in [2.75, 3.05) is 5.75 Å². The van der Waals surface area contributed by atoms with Gasteiger partial charge in [-0.1, -0.05) is 23.9 Å². The van der Waals surface area contributed by atoms with Crippen LogP contribution in [0.2, 0.25) is 0 Å². The molecule has 6 rings (SSSR count). The molecule has 1 aliphatic heterocycles. The summed E-state index contributed by atoms with van der Waals surface area (Å²) >= 11 is 3.66. The number of benzene rings is 2. The molecule has 156 valence electrons. The van der Waals surface area contributed by atoms with Gasteiger partial charge in [0.15, 0.2) is 4.34 Å². The molecule has 3 aliphatic rings. The Balaban J connectivity index is 1.14. The molecule has 0 spiro atoms. The first kappa shape index (κ1) is 19.0. The minimum atomic E-state index is -0.103. The van der Waals surface area contributed by atoms with Crippen molar-refractivity contribution in [3.05, 3.63) is 47.0 Å². The second-order valence-electron chi connectivity index (χ2n) is 9.37. The fourth-order valence-electron chi connectivity index (χ4n) is 5.78. The third-order valence-corrected chi connectivity index (χ3v) is 9.55. The van der Waals surface area contributed by atoms with Gasteiger partial charge in [0.25, 0.3) is 0 Å². The smallest absolute Gasteiger partial charge is 0.151 e. The molecule has 3 aromatic rings. The number of aryl methyl sites for hydroxylation is 1. The minimum Gasteiger partial charge on any atom is -0.508 e. The summed E-state index contributed by atoms with van der Waals surface area (Å²) in [5, 5.41) is 10.6. The van der Waals surface area contributed by atoms with E-state index in [1.165, 1.54) is 45.0 Å². The first-order chi connectivity index (χ1) is 14.6. The zero-order chi connectivity index (χ0) is 20.3. The van der Waals surface area contributed by atoms with Crippen LogP contribution in [0, 0.1) is 0 Å². The Morgan fingerprint density at radius 1 is 1.23 bits per heavy atom. The van der Waals surface area contributed by atoms with Gasteiger partial charge in [-0.05, 0) is 87.5 Å². The lowest BCUT2D eigenvalue weighted by molar-refractivity contribution is 0.0540. The van der Waals surface area contributed by atoms with Gasteiger partial charge in [0.05, 0.1) is 10.2 Å². The van der Waals surface area contributed by atoms with E-state index in [4.69, 9.17) is 9.72 Å². The molecular weight excluding hydrogens is 410 g/mol. The first-order valence-electron chi connectivity index (χ1n) is 11.2. The maximum absolute atomic E-state index is 10.6. The highest BCUT2D eigenvalue weighted by molar-refractivity contribution is 8.01. The number of rotatable bonds is 5. The maximum atomic E-state index is 10.6. The van der Waals surface area contributed by atoms with Gasteiger partial charge >= 0.3 is 0 Å². The Labute approximate surface area is 185 Å². The number of fused-ring (bicyclic) bond motifs is 8. The summed E-state index contributed by atoms with van der Waals surface area (Å²) in [4.78, 5) is 4.74. The molecule has 2 aliphatic carbocycles. The predicted molar refractivity (Wildman–Crippen MR) is 124 cm³/mol. The van der Waals surface area contributed by atoms with Crippen molar-refractivity contribution < 1.29 is 9.84 Å². The second kappa shape index (κ2) is 7.16. The summed E-state index contributed by atoms with van der Waals surface area (Å²) in [6.07, 6.45) is 7.91. The highest BCUT2D eigenvalue weighted by Gasteiger charge is 2.44. The molecule has 0 saturated heterocycles. The van der Waals surface area contributed by atoms with E-state index >= 15 is 0 Å². The number of aromatic nitrogens is 1. The van der Waals surface area contributed by atoms with Gasteiger partial charge in [0.1, 0.15) is 17.1 Å². The van der Waals surface area contributed by atoms with E-state index in [-0.39, 0.29) is 5.60 Å². The molecule has 2 bridgehead atoms. The van der Waals surface area contributed by atoms with E-state index in [2.05, 4.69) is 31.2 Å². The van der Waals surface area contributed by atoms with Gasteiger partial charge in [-0.25, -0.2) is 4.98 Å². The highest BCUT2D eigenvalue weighted by Crippen LogP contribution is 2.60. The van der Waals surface area contributed by atoms with Crippen LogP contribution in [-0.4, -0.2) is 21.4 Å². The van der Waals surface area contributed by atoms with Crippen LogP contribution in [-0.2, 0) is 6.42 Å². The summed E-state index contributed by atoms with van der Waals surface area (Å²) in [6, 6.07) is 10.4. The fraction of sp³-hybridized carbons (Fsp3) is 0.480. The van der Waals surface area contributed by atoms with Crippen molar-refractivity contribution in [3.63, 3.8) is 0 Å². The van der Waals surface area contributed by atoms with Crippen molar-refractivity contribution in [2.45, 2.75) is 73.6 Å². The summed E-state index contributed by atoms with van der Waals surface area (Å²) < 4.78 is 9.17. The Kier molecular flexibility index (Phi) is 4.54. The highest BCUT2D eigenvalue weighted by atomic mass is 32.2. The number of nitrogens with zero attached hydrogens (tertiary/aromatic N) is 1. The van der Waals surface area contributed by atoms with Crippen molar-refractivity contribution in [1.82, 2.24) is 4.98 Å². The quantitative estimate of drug-likeness (QED) is 0.344. The number of aromatic hydroxyl groups is 1. The zero-order valence-electron chi connectivity index (χ0n) is 17.3. The van der Waals surface area contributed by atoms with Crippen LogP contribution in [0.4, 0.5) is 0 Å². The van der Waals surface area contributed by atoms with Crippen LogP contribution >= 0.6 is 23.1 Å². The SMILES string of the molecule is CC1(CCCSc2nc3ccccc3s2)CCc2cc(O)c3c(c2O1)C1CCC3C1. The number of ether oxygens (including phenoxy) is 1. The van der Waals surface area contributed by atoms with E-state index < -0.39 is 0 Å². The lowest BCUT2D eigenvalue weighted by atomic mass is 9.83. The van der Waals surface area contributed by atoms with Crippen LogP contribution in [0.3, 0.4) is 0 Å². The molecular formula is C25H27NO2S2. The molecule has 0 radical (unpaired) electrons. The van der Waals surface area contributed by atoms with Crippen molar-refractivity contribution in [3.8, 4) is 11.5 Å². The number of thioether (sulfide) groups is 1. The topological polar surface area (TPSA) is 42.4 Å². The molecule has 30 heavy (non-hydrogen) atoms. The van der Waals surface area contributed by atoms with Crippen LogP contribution in [0.1, 0.15) is 74.0 Å². The molecule has 1 saturated carbocycles. The third-order valence-electron chi connectivity index (χ3n) is 7.28. The Bertz CT molecular complexity index is 1090. The summed E-state index contributed by atoms with van der Waals surface area (Å²) in [7, 11) is 0. The van der Waals surface area contributed by atoms with E-state index in [1.54, 1.807) is 11.3 Å². The number of hydrogen-bond donors (Lipinski definition) is 1. The minimum absolute atomic E-state index is 0.103. The van der Waals surface area contributed by atoms with Gasteiger partial charge < -0.3 is 9.84 Å². The van der Waals surface area contributed by atoms with Crippen LogP contribution in [0.15, 0.2) is 34.7 Å². The van der Waals surface area contributed by atoms with E-state index in [9.17, 15) is 5.11 Å². The molecule has 1 aromatic heterocycles. The van der Waals surface area contributed by atoms with Crippen molar-refractivity contribution in [2.24, 2.45) is 0 Å². The van der Waals surface area contributed by atoms with Crippen molar-refractivity contribution in [1.29, 1.82) is 0 Å². The second-order valence-corrected chi connectivity index (χ2v) is 11.7. The van der Waals surface area contributed by atoms with Gasteiger partial charge in [-0.3, -0.25) is 0 Å². The fourth-order valence-corrected chi connectivity index (χ4v) is 7.86.